The molecule has 1 aliphatic carbocycles. The third-order valence-corrected chi connectivity index (χ3v) is 2.98. The average molecular weight is 179 g/mol. The van der Waals surface area contributed by atoms with Crippen molar-refractivity contribution in [2.75, 3.05) is 0 Å². The Balaban J connectivity index is 2.21. The Hall–Kier alpha value is -0.830. The Kier molecular flexibility index (Phi) is 2.12. The Bertz CT molecular complexity index is 274. The van der Waals surface area contributed by atoms with Gasteiger partial charge in [-0.15, -0.1) is 0 Å². The number of aromatic nitrogens is 2. The summed E-state index contributed by atoms with van der Waals surface area (Å²) >= 11 is 0. The van der Waals surface area contributed by atoms with E-state index in [4.69, 9.17) is 5.73 Å². The molecule has 0 amide bonds. The maximum absolute atomic E-state index is 5.82. The van der Waals surface area contributed by atoms with E-state index in [1.165, 1.54) is 5.69 Å². The fourth-order valence-electron chi connectivity index (χ4n) is 1.70. The average Bonchev–Trinajstić information content (AvgIpc) is 2.69. The van der Waals surface area contributed by atoms with E-state index in [2.05, 4.69) is 23.4 Å². The van der Waals surface area contributed by atoms with Gasteiger partial charge in [0.05, 0.1) is 12.4 Å². The van der Waals surface area contributed by atoms with E-state index in [0.717, 1.165) is 12.8 Å². The minimum absolute atomic E-state index is 0.358. The zero-order valence-electron chi connectivity index (χ0n) is 8.27. The molecule has 3 nitrogen and oxygen atoms in total. The van der Waals surface area contributed by atoms with Crippen LogP contribution in [0.5, 0.6) is 0 Å². The Morgan fingerprint density at radius 2 is 2.46 bits per heavy atom. The number of hydrogen-bond acceptors (Lipinski definition) is 2. The fourth-order valence-corrected chi connectivity index (χ4v) is 1.70. The largest absolute Gasteiger partial charge is 0.330 e. The van der Waals surface area contributed by atoms with Gasteiger partial charge >= 0.3 is 0 Å². The van der Waals surface area contributed by atoms with E-state index in [1.807, 2.05) is 12.5 Å². The molecule has 3 atom stereocenters. The van der Waals surface area contributed by atoms with E-state index in [1.54, 1.807) is 0 Å². The Labute approximate surface area is 79.0 Å². The van der Waals surface area contributed by atoms with Crippen molar-refractivity contribution in [2.45, 2.75) is 44.7 Å². The molecular formula is C10H17N3. The van der Waals surface area contributed by atoms with Crippen LogP contribution in [0.1, 0.15) is 44.3 Å². The van der Waals surface area contributed by atoms with E-state index < -0.39 is 0 Å². The second-order valence-electron chi connectivity index (χ2n) is 4.00. The number of imidazole rings is 1. The van der Waals surface area contributed by atoms with Crippen molar-refractivity contribution in [1.82, 2.24) is 9.55 Å². The van der Waals surface area contributed by atoms with Crippen molar-refractivity contribution in [3.8, 4) is 0 Å². The third-order valence-electron chi connectivity index (χ3n) is 2.98. The van der Waals surface area contributed by atoms with Crippen LogP contribution in [-0.2, 0) is 0 Å². The predicted octanol–water partition coefficient (Wildman–Crippen LogP) is 1.67. The SMILES string of the molecule is CCC(C)c1cncn1C1CC1N. The van der Waals surface area contributed by atoms with Gasteiger partial charge in [-0.3, -0.25) is 0 Å². The van der Waals surface area contributed by atoms with Crippen molar-refractivity contribution in [1.29, 1.82) is 0 Å². The van der Waals surface area contributed by atoms with Gasteiger partial charge in [-0.2, -0.15) is 0 Å². The van der Waals surface area contributed by atoms with E-state index in [9.17, 15) is 0 Å². The molecule has 0 aliphatic heterocycles. The van der Waals surface area contributed by atoms with Gasteiger partial charge in [0.1, 0.15) is 0 Å². The summed E-state index contributed by atoms with van der Waals surface area (Å²) < 4.78 is 2.25. The molecule has 2 rings (SSSR count). The van der Waals surface area contributed by atoms with Gasteiger partial charge < -0.3 is 10.3 Å². The van der Waals surface area contributed by atoms with Gasteiger partial charge in [0.25, 0.3) is 0 Å². The summed E-state index contributed by atoms with van der Waals surface area (Å²) in [7, 11) is 0. The molecule has 1 saturated carbocycles. The summed E-state index contributed by atoms with van der Waals surface area (Å²) in [5.74, 6) is 0.593. The highest BCUT2D eigenvalue weighted by molar-refractivity contribution is 5.11. The van der Waals surface area contributed by atoms with Crippen LogP contribution in [0.3, 0.4) is 0 Å². The molecule has 1 fully saturated rings. The Morgan fingerprint density at radius 1 is 1.77 bits per heavy atom. The van der Waals surface area contributed by atoms with Gasteiger partial charge in [-0.1, -0.05) is 13.8 Å². The molecule has 0 radical (unpaired) electrons. The minimum atomic E-state index is 0.358. The molecule has 0 spiro atoms. The molecule has 1 aliphatic rings. The lowest BCUT2D eigenvalue weighted by Crippen LogP contribution is -2.09. The van der Waals surface area contributed by atoms with E-state index in [0.29, 0.717) is 18.0 Å². The molecular weight excluding hydrogens is 162 g/mol. The highest BCUT2D eigenvalue weighted by atomic mass is 15.1. The first-order valence-corrected chi connectivity index (χ1v) is 5.01. The molecule has 0 saturated heterocycles. The zero-order valence-corrected chi connectivity index (χ0v) is 8.27. The lowest BCUT2D eigenvalue weighted by Gasteiger charge is -2.11. The smallest absolute Gasteiger partial charge is 0.0951 e. The first-order chi connectivity index (χ1) is 6.24. The van der Waals surface area contributed by atoms with E-state index in [-0.39, 0.29) is 0 Å². The van der Waals surface area contributed by atoms with Gasteiger partial charge in [-0.05, 0) is 18.8 Å². The summed E-state index contributed by atoms with van der Waals surface area (Å²) in [6.45, 7) is 4.44. The minimum Gasteiger partial charge on any atom is -0.330 e. The van der Waals surface area contributed by atoms with Crippen molar-refractivity contribution < 1.29 is 0 Å². The van der Waals surface area contributed by atoms with Gasteiger partial charge in [0.2, 0.25) is 0 Å². The van der Waals surface area contributed by atoms with Crippen molar-refractivity contribution >= 4 is 0 Å². The molecule has 2 N–H and O–H groups in total. The number of hydrogen-bond donors (Lipinski definition) is 1. The third kappa shape index (κ3) is 1.48. The molecule has 1 aromatic heterocycles. The van der Waals surface area contributed by atoms with Crippen molar-refractivity contribution in [3.05, 3.63) is 18.2 Å². The summed E-state index contributed by atoms with van der Waals surface area (Å²) in [5, 5.41) is 0. The van der Waals surface area contributed by atoms with Gasteiger partial charge in [-0.25, -0.2) is 4.98 Å². The zero-order chi connectivity index (χ0) is 9.42. The molecule has 0 bridgehead atoms. The van der Waals surface area contributed by atoms with E-state index >= 15 is 0 Å². The first-order valence-electron chi connectivity index (χ1n) is 5.01. The fraction of sp³-hybridized carbons (Fsp3) is 0.700. The van der Waals surface area contributed by atoms with Gasteiger partial charge in [0.15, 0.2) is 0 Å². The molecule has 13 heavy (non-hydrogen) atoms. The van der Waals surface area contributed by atoms with Crippen LogP contribution >= 0.6 is 0 Å². The molecule has 0 aromatic carbocycles. The number of rotatable bonds is 3. The van der Waals surface area contributed by atoms with Crippen LogP contribution in [0.4, 0.5) is 0 Å². The van der Waals surface area contributed by atoms with Crippen molar-refractivity contribution in [3.63, 3.8) is 0 Å². The monoisotopic (exact) mass is 179 g/mol. The standard InChI is InChI=1S/C10H17N3/c1-3-7(2)10-5-12-6-13(10)9-4-8(9)11/h5-9H,3-4,11H2,1-2H3. The predicted molar refractivity (Wildman–Crippen MR) is 52.6 cm³/mol. The summed E-state index contributed by atoms with van der Waals surface area (Å²) in [6.07, 6.45) is 6.16. The van der Waals surface area contributed by atoms with Crippen LogP contribution in [0.25, 0.3) is 0 Å². The second-order valence-corrected chi connectivity index (χ2v) is 4.00. The number of nitrogens with two attached hydrogens (primary N) is 1. The number of nitrogens with zero attached hydrogens (tertiary/aromatic N) is 2. The maximum atomic E-state index is 5.82. The summed E-state index contributed by atoms with van der Waals surface area (Å²) in [4.78, 5) is 4.19. The van der Waals surface area contributed by atoms with Crippen molar-refractivity contribution in [2.24, 2.45) is 5.73 Å². The van der Waals surface area contributed by atoms with Crippen LogP contribution in [-0.4, -0.2) is 15.6 Å². The van der Waals surface area contributed by atoms with Crippen LogP contribution in [0, 0.1) is 0 Å². The molecule has 72 valence electrons. The quantitative estimate of drug-likeness (QED) is 0.767. The van der Waals surface area contributed by atoms with Crippen LogP contribution < -0.4 is 5.73 Å². The normalized spacial score (nSPS) is 28.8. The lowest BCUT2D eigenvalue weighted by atomic mass is 10.1. The second kappa shape index (κ2) is 3.14. The van der Waals surface area contributed by atoms with Gasteiger partial charge in [0, 0.05) is 17.9 Å². The first kappa shape index (κ1) is 8.75. The summed E-state index contributed by atoms with van der Waals surface area (Å²) in [5.41, 5.74) is 7.15. The topological polar surface area (TPSA) is 43.8 Å². The van der Waals surface area contributed by atoms with Crippen LogP contribution in [0.2, 0.25) is 0 Å². The summed E-state index contributed by atoms with van der Waals surface area (Å²) in [6, 6.07) is 0.878. The lowest BCUT2D eigenvalue weighted by molar-refractivity contribution is 0.608. The van der Waals surface area contributed by atoms with Crippen LogP contribution in [0.15, 0.2) is 12.5 Å². The molecule has 1 heterocycles. The highest BCUT2D eigenvalue weighted by Gasteiger charge is 2.36. The highest BCUT2D eigenvalue weighted by Crippen LogP contribution is 2.36. The Morgan fingerprint density at radius 3 is 3.00 bits per heavy atom. The molecule has 3 heteroatoms. The molecule has 3 unspecified atom stereocenters. The molecule has 1 aromatic rings. The maximum Gasteiger partial charge on any atom is 0.0951 e.